The monoisotopic (exact) mass is 361 g/mol. The fourth-order valence-corrected chi connectivity index (χ4v) is 2.27. The van der Waals surface area contributed by atoms with Crippen LogP contribution in [-0.2, 0) is 0 Å². The smallest absolute Gasteiger partial charge is 0.266 e. The van der Waals surface area contributed by atoms with E-state index in [0.29, 0.717) is 6.29 Å². The predicted molar refractivity (Wildman–Crippen MR) is 55.0 cm³/mol. The molecule has 1 rings (SSSR count). The van der Waals surface area contributed by atoms with Crippen LogP contribution in [0.2, 0.25) is 0 Å². The Bertz CT molecular complexity index is 346. The standard InChI is InChI=1S/C7H3BrF2INO/c8-6-4(2-13)5(11)3(1-12-6)7(9)10/h1-2,7H. The van der Waals surface area contributed by atoms with E-state index >= 15 is 0 Å². The van der Waals surface area contributed by atoms with Crippen LogP contribution in [0.5, 0.6) is 0 Å². The van der Waals surface area contributed by atoms with E-state index in [1.54, 1.807) is 22.6 Å². The number of carbonyl (C=O) groups excluding carboxylic acids is 1. The minimum absolute atomic E-state index is 0.165. The lowest BCUT2D eigenvalue weighted by Crippen LogP contribution is -1.98. The van der Waals surface area contributed by atoms with Crippen molar-refractivity contribution in [2.24, 2.45) is 0 Å². The lowest BCUT2D eigenvalue weighted by molar-refractivity contribution is 0.112. The van der Waals surface area contributed by atoms with Crippen molar-refractivity contribution < 1.29 is 13.6 Å². The van der Waals surface area contributed by atoms with Crippen molar-refractivity contribution in [3.05, 3.63) is 25.5 Å². The van der Waals surface area contributed by atoms with Gasteiger partial charge in [-0.05, 0) is 38.5 Å². The summed E-state index contributed by atoms with van der Waals surface area (Å²) in [7, 11) is 0. The van der Waals surface area contributed by atoms with E-state index in [9.17, 15) is 13.6 Å². The Morgan fingerprint density at radius 2 is 2.23 bits per heavy atom. The summed E-state index contributed by atoms with van der Waals surface area (Å²) in [4.78, 5) is 14.1. The van der Waals surface area contributed by atoms with Gasteiger partial charge in [0.15, 0.2) is 6.29 Å². The molecule has 0 N–H and O–H groups in total. The van der Waals surface area contributed by atoms with E-state index in [1.165, 1.54) is 0 Å². The van der Waals surface area contributed by atoms with Gasteiger partial charge in [-0.25, -0.2) is 13.8 Å². The summed E-state index contributed by atoms with van der Waals surface area (Å²) < 4.78 is 25.1. The summed E-state index contributed by atoms with van der Waals surface area (Å²) in [6.07, 6.45) is -1.04. The fraction of sp³-hybridized carbons (Fsp3) is 0.143. The number of alkyl halides is 2. The van der Waals surface area contributed by atoms with Crippen molar-refractivity contribution in [1.29, 1.82) is 0 Å². The molecule has 13 heavy (non-hydrogen) atoms. The molecule has 6 heteroatoms. The molecule has 0 aromatic carbocycles. The first-order chi connectivity index (χ1) is 6.07. The Balaban J connectivity index is 3.35. The van der Waals surface area contributed by atoms with Crippen molar-refractivity contribution in [1.82, 2.24) is 4.98 Å². The number of nitrogens with zero attached hydrogens (tertiary/aromatic N) is 1. The van der Waals surface area contributed by atoms with Crippen LogP contribution in [0, 0.1) is 3.57 Å². The van der Waals surface area contributed by atoms with Crippen LogP contribution < -0.4 is 0 Å². The Hall–Kier alpha value is -0.110. The van der Waals surface area contributed by atoms with Crippen LogP contribution in [0.1, 0.15) is 22.3 Å². The maximum absolute atomic E-state index is 12.3. The topological polar surface area (TPSA) is 30.0 Å². The highest BCUT2D eigenvalue weighted by Crippen LogP contribution is 2.28. The Kier molecular flexibility index (Phi) is 3.72. The maximum Gasteiger partial charge on any atom is 0.266 e. The second kappa shape index (κ2) is 4.41. The summed E-state index contributed by atoms with van der Waals surface area (Å²) in [6.45, 7) is 0. The lowest BCUT2D eigenvalue weighted by Gasteiger charge is -2.05. The third-order valence-electron chi connectivity index (χ3n) is 1.38. The van der Waals surface area contributed by atoms with Crippen molar-refractivity contribution in [3.8, 4) is 0 Å². The minimum Gasteiger partial charge on any atom is -0.298 e. The van der Waals surface area contributed by atoms with Crippen molar-refractivity contribution in [3.63, 3.8) is 0 Å². The van der Waals surface area contributed by atoms with Gasteiger partial charge in [0.25, 0.3) is 6.43 Å². The molecule has 0 aliphatic heterocycles. The molecule has 2 nitrogen and oxygen atoms in total. The number of hydrogen-bond acceptors (Lipinski definition) is 2. The van der Waals surface area contributed by atoms with E-state index < -0.39 is 6.43 Å². The highest BCUT2D eigenvalue weighted by Gasteiger charge is 2.16. The van der Waals surface area contributed by atoms with Gasteiger partial charge in [0.1, 0.15) is 4.60 Å². The van der Waals surface area contributed by atoms with Crippen LogP contribution in [0.15, 0.2) is 10.8 Å². The average molecular weight is 362 g/mol. The molecule has 1 aromatic rings. The second-order valence-electron chi connectivity index (χ2n) is 2.15. The molecule has 0 saturated heterocycles. The zero-order valence-corrected chi connectivity index (χ0v) is 9.84. The van der Waals surface area contributed by atoms with Gasteiger partial charge < -0.3 is 0 Å². The highest BCUT2D eigenvalue weighted by molar-refractivity contribution is 14.1. The quantitative estimate of drug-likeness (QED) is 0.460. The number of pyridine rings is 1. The third kappa shape index (κ3) is 2.22. The average Bonchev–Trinajstić information content (AvgIpc) is 2.04. The molecule has 0 saturated carbocycles. The maximum atomic E-state index is 12.3. The van der Waals surface area contributed by atoms with Crippen molar-refractivity contribution >= 4 is 44.8 Å². The number of hydrogen-bond donors (Lipinski definition) is 0. The van der Waals surface area contributed by atoms with Gasteiger partial charge in [0, 0.05) is 9.77 Å². The molecule has 0 spiro atoms. The Labute approximate surface area is 95.0 Å². The summed E-state index contributed by atoms with van der Waals surface area (Å²) in [6, 6.07) is 0. The SMILES string of the molecule is O=Cc1c(Br)ncc(C(F)F)c1I. The van der Waals surface area contributed by atoms with Gasteiger partial charge in [-0.2, -0.15) is 0 Å². The number of halogens is 4. The second-order valence-corrected chi connectivity index (χ2v) is 3.98. The minimum atomic E-state index is -2.61. The molecular formula is C7H3BrF2INO. The lowest BCUT2D eigenvalue weighted by atomic mass is 10.2. The zero-order valence-electron chi connectivity index (χ0n) is 6.10. The third-order valence-corrected chi connectivity index (χ3v) is 3.22. The predicted octanol–water partition coefficient (Wildman–Crippen LogP) is 3.20. The number of aldehydes is 1. The Morgan fingerprint density at radius 3 is 2.69 bits per heavy atom. The number of rotatable bonds is 2. The zero-order chi connectivity index (χ0) is 10.0. The summed E-state index contributed by atoms with van der Waals surface area (Å²) in [5.74, 6) is 0. The molecule has 1 heterocycles. The summed E-state index contributed by atoms with van der Waals surface area (Å²) in [5.41, 5.74) is -0.0516. The largest absolute Gasteiger partial charge is 0.298 e. The van der Waals surface area contributed by atoms with E-state index in [2.05, 4.69) is 20.9 Å². The van der Waals surface area contributed by atoms with E-state index in [0.717, 1.165) is 6.20 Å². The fourth-order valence-electron chi connectivity index (χ4n) is 0.751. The van der Waals surface area contributed by atoms with Gasteiger partial charge in [0.05, 0.1) is 11.1 Å². The van der Waals surface area contributed by atoms with Crippen LogP contribution in [-0.4, -0.2) is 11.3 Å². The van der Waals surface area contributed by atoms with Crippen molar-refractivity contribution in [2.45, 2.75) is 6.43 Å². The molecule has 0 bridgehead atoms. The molecule has 70 valence electrons. The molecular weight excluding hydrogens is 359 g/mol. The van der Waals surface area contributed by atoms with Crippen LogP contribution in [0.3, 0.4) is 0 Å². The molecule has 0 atom stereocenters. The van der Waals surface area contributed by atoms with Gasteiger partial charge in [-0.3, -0.25) is 4.79 Å². The molecule has 1 aromatic heterocycles. The van der Waals surface area contributed by atoms with E-state index in [4.69, 9.17) is 0 Å². The molecule has 0 aliphatic carbocycles. The van der Waals surface area contributed by atoms with Gasteiger partial charge in [0.2, 0.25) is 0 Å². The van der Waals surface area contributed by atoms with E-state index in [1.807, 2.05) is 0 Å². The van der Waals surface area contributed by atoms with Gasteiger partial charge >= 0.3 is 0 Å². The normalized spacial score (nSPS) is 10.5. The van der Waals surface area contributed by atoms with Crippen LogP contribution in [0.25, 0.3) is 0 Å². The van der Waals surface area contributed by atoms with Crippen LogP contribution in [0.4, 0.5) is 8.78 Å². The molecule has 0 radical (unpaired) electrons. The first-order valence-corrected chi connectivity index (χ1v) is 5.02. The first-order valence-electron chi connectivity index (χ1n) is 3.15. The number of aromatic nitrogens is 1. The van der Waals surface area contributed by atoms with Gasteiger partial charge in [-0.15, -0.1) is 0 Å². The number of carbonyl (C=O) groups is 1. The molecule has 0 fully saturated rings. The van der Waals surface area contributed by atoms with Crippen molar-refractivity contribution in [2.75, 3.05) is 0 Å². The molecule has 0 aliphatic rings. The van der Waals surface area contributed by atoms with E-state index in [-0.39, 0.29) is 19.3 Å². The summed E-state index contributed by atoms with van der Waals surface area (Å²) >= 11 is 4.70. The van der Waals surface area contributed by atoms with Gasteiger partial charge in [-0.1, -0.05) is 0 Å². The molecule has 0 amide bonds. The molecule has 0 unspecified atom stereocenters. The Morgan fingerprint density at radius 1 is 1.62 bits per heavy atom. The first kappa shape index (κ1) is 11.0. The highest BCUT2D eigenvalue weighted by atomic mass is 127. The van der Waals surface area contributed by atoms with Crippen LogP contribution >= 0.6 is 38.5 Å². The summed E-state index contributed by atoms with van der Waals surface area (Å²) in [5, 5.41) is 0.